The lowest BCUT2D eigenvalue weighted by molar-refractivity contribution is 0.0954. The van der Waals surface area contributed by atoms with E-state index < -0.39 is 0 Å². The molecule has 0 unspecified atom stereocenters. The van der Waals surface area contributed by atoms with Crippen LogP contribution in [0.1, 0.15) is 35.5 Å². The second-order valence-corrected chi connectivity index (χ2v) is 5.14. The zero-order valence-corrected chi connectivity index (χ0v) is 13.0. The number of carbonyl (C=O) groups is 1. The van der Waals surface area contributed by atoms with Crippen LogP contribution in [0.4, 0.5) is 0 Å². The van der Waals surface area contributed by atoms with Gasteiger partial charge in [0.2, 0.25) is 0 Å². The first-order valence-electron chi connectivity index (χ1n) is 7.46. The van der Waals surface area contributed by atoms with Gasteiger partial charge in [0.1, 0.15) is 11.3 Å². The van der Waals surface area contributed by atoms with Crippen molar-refractivity contribution in [1.82, 2.24) is 10.4 Å². The van der Waals surface area contributed by atoms with Crippen molar-refractivity contribution < 1.29 is 9.21 Å². The molecule has 0 aliphatic heterocycles. The summed E-state index contributed by atoms with van der Waals surface area (Å²) < 4.78 is 5.90. The number of para-hydroxylation sites is 1. The Bertz CT molecular complexity index is 866. The van der Waals surface area contributed by atoms with Crippen molar-refractivity contribution in [2.24, 2.45) is 5.10 Å². The number of carbonyl (C=O) groups excluding carboxylic acids is 1. The molecule has 116 valence electrons. The lowest BCUT2D eigenvalue weighted by atomic mass is 10.1. The second kappa shape index (κ2) is 6.44. The van der Waals surface area contributed by atoms with Crippen molar-refractivity contribution in [2.45, 2.75) is 20.3 Å². The molecule has 1 aromatic carbocycles. The Balaban J connectivity index is 1.88. The van der Waals surface area contributed by atoms with E-state index in [0.29, 0.717) is 17.0 Å². The van der Waals surface area contributed by atoms with Crippen LogP contribution in [-0.4, -0.2) is 16.6 Å². The van der Waals surface area contributed by atoms with E-state index in [1.165, 1.54) is 6.20 Å². The third-order valence-corrected chi connectivity index (χ3v) is 3.63. The molecule has 0 saturated heterocycles. The Morgan fingerprint density at radius 3 is 2.83 bits per heavy atom. The minimum absolute atomic E-state index is 0.299. The van der Waals surface area contributed by atoms with Crippen molar-refractivity contribution in [3.05, 3.63) is 65.7 Å². The highest BCUT2D eigenvalue weighted by Gasteiger charge is 2.15. The maximum Gasteiger partial charge on any atom is 0.272 e. The molecule has 3 rings (SSSR count). The van der Waals surface area contributed by atoms with Crippen molar-refractivity contribution in [1.29, 1.82) is 0 Å². The number of fused-ring (bicyclic) bond motifs is 1. The van der Waals surface area contributed by atoms with E-state index >= 15 is 0 Å². The lowest BCUT2D eigenvalue weighted by Crippen LogP contribution is -2.19. The summed E-state index contributed by atoms with van der Waals surface area (Å²) in [5.74, 6) is 0.409. The van der Waals surface area contributed by atoms with Gasteiger partial charge in [-0.05, 0) is 31.5 Å². The molecule has 23 heavy (non-hydrogen) atoms. The standard InChI is InChI=1S/C18H17N3O2/c1-3-14-15-8-4-5-9-16(15)23-17(14)12(2)20-21-18(22)13-7-6-10-19-11-13/h4-11H,3H2,1-2H3,(H,21,22)/b20-12-. The quantitative estimate of drug-likeness (QED) is 0.592. The zero-order valence-electron chi connectivity index (χ0n) is 13.0. The number of pyridine rings is 1. The average molecular weight is 307 g/mol. The Kier molecular flexibility index (Phi) is 4.19. The highest BCUT2D eigenvalue weighted by molar-refractivity contribution is 6.03. The van der Waals surface area contributed by atoms with Crippen LogP contribution in [0, 0.1) is 0 Å². The lowest BCUT2D eigenvalue weighted by Gasteiger charge is -2.02. The van der Waals surface area contributed by atoms with Crippen molar-refractivity contribution >= 4 is 22.6 Å². The number of aryl methyl sites for hydroxylation is 1. The monoisotopic (exact) mass is 307 g/mol. The Labute approximate surface area is 134 Å². The van der Waals surface area contributed by atoms with E-state index in [4.69, 9.17) is 4.42 Å². The molecule has 2 heterocycles. The molecule has 0 saturated carbocycles. The fourth-order valence-corrected chi connectivity index (χ4v) is 2.49. The molecule has 1 N–H and O–H groups in total. The first-order valence-corrected chi connectivity index (χ1v) is 7.46. The first kappa shape index (κ1) is 15.0. The van der Waals surface area contributed by atoms with Gasteiger partial charge in [0.15, 0.2) is 5.76 Å². The molecule has 0 bridgehead atoms. The van der Waals surface area contributed by atoms with Gasteiger partial charge in [0, 0.05) is 23.3 Å². The van der Waals surface area contributed by atoms with Crippen LogP contribution >= 0.6 is 0 Å². The zero-order chi connectivity index (χ0) is 16.2. The number of hydrogen-bond acceptors (Lipinski definition) is 4. The van der Waals surface area contributed by atoms with Crippen LogP contribution in [0.5, 0.6) is 0 Å². The fraction of sp³-hybridized carbons (Fsp3) is 0.167. The Hall–Kier alpha value is -2.95. The summed E-state index contributed by atoms with van der Waals surface area (Å²) in [6, 6.07) is 11.3. The summed E-state index contributed by atoms with van der Waals surface area (Å²) in [5, 5.41) is 5.25. The van der Waals surface area contributed by atoms with Gasteiger partial charge in [-0.15, -0.1) is 0 Å². The number of nitrogens with zero attached hydrogens (tertiary/aromatic N) is 2. The van der Waals surface area contributed by atoms with Gasteiger partial charge in [-0.3, -0.25) is 9.78 Å². The summed E-state index contributed by atoms with van der Waals surface area (Å²) in [7, 11) is 0. The number of amides is 1. The largest absolute Gasteiger partial charge is 0.454 e. The second-order valence-electron chi connectivity index (χ2n) is 5.14. The summed E-state index contributed by atoms with van der Waals surface area (Å²) >= 11 is 0. The van der Waals surface area contributed by atoms with E-state index in [9.17, 15) is 4.79 Å². The fourth-order valence-electron chi connectivity index (χ4n) is 2.49. The van der Waals surface area contributed by atoms with Crippen LogP contribution in [0.2, 0.25) is 0 Å². The van der Waals surface area contributed by atoms with E-state index in [0.717, 1.165) is 23.0 Å². The minimum atomic E-state index is -0.299. The number of aromatic nitrogens is 1. The van der Waals surface area contributed by atoms with Crippen LogP contribution in [0.25, 0.3) is 11.0 Å². The molecule has 1 amide bonds. The SMILES string of the molecule is CCc1c(/C(C)=N\NC(=O)c2cccnc2)oc2ccccc12. The third kappa shape index (κ3) is 2.99. The first-order chi connectivity index (χ1) is 11.2. The predicted octanol–water partition coefficient (Wildman–Crippen LogP) is 3.54. The van der Waals surface area contributed by atoms with E-state index in [1.807, 2.05) is 31.2 Å². The molecular formula is C18H17N3O2. The van der Waals surface area contributed by atoms with Crippen molar-refractivity contribution in [3.8, 4) is 0 Å². The highest BCUT2D eigenvalue weighted by Crippen LogP contribution is 2.26. The molecule has 2 aromatic heterocycles. The molecule has 5 nitrogen and oxygen atoms in total. The molecule has 0 fully saturated rings. The van der Waals surface area contributed by atoms with Gasteiger partial charge in [-0.1, -0.05) is 25.1 Å². The van der Waals surface area contributed by atoms with Crippen molar-refractivity contribution in [2.75, 3.05) is 0 Å². The average Bonchev–Trinajstić information content (AvgIpc) is 2.98. The Morgan fingerprint density at radius 2 is 2.09 bits per heavy atom. The number of hydrogen-bond donors (Lipinski definition) is 1. The van der Waals surface area contributed by atoms with Crippen LogP contribution < -0.4 is 5.43 Å². The number of furan rings is 1. The van der Waals surface area contributed by atoms with Gasteiger partial charge in [-0.2, -0.15) is 5.10 Å². The van der Waals surface area contributed by atoms with Crippen molar-refractivity contribution in [3.63, 3.8) is 0 Å². The summed E-state index contributed by atoms with van der Waals surface area (Å²) in [6.45, 7) is 3.89. The third-order valence-electron chi connectivity index (χ3n) is 3.63. The predicted molar refractivity (Wildman–Crippen MR) is 89.5 cm³/mol. The van der Waals surface area contributed by atoms with Crippen LogP contribution in [0.15, 0.2) is 58.3 Å². The maximum atomic E-state index is 12.0. The topological polar surface area (TPSA) is 67.5 Å². The van der Waals surface area contributed by atoms with E-state index in [1.54, 1.807) is 18.3 Å². The molecule has 0 atom stereocenters. The highest BCUT2D eigenvalue weighted by atomic mass is 16.3. The number of nitrogens with one attached hydrogen (secondary N) is 1. The summed E-state index contributed by atoms with van der Waals surface area (Å²) in [6.07, 6.45) is 3.95. The number of rotatable bonds is 4. The summed E-state index contributed by atoms with van der Waals surface area (Å²) in [5.41, 5.74) is 5.56. The van der Waals surface area contributed by atoms with Gasteiger partial charge < -0.3 is 4.42 Å². The van der Waals surface area contributed by atoms with Gasteiger partial charge in [0.05, 0.1) is 5.56 Å². The number of hydrazone groups is 1. The normalized spacial score (nSPS) is 11.7. The molecule has 0 radical (unpaired) electrons. The molecule has 0 aliphatic rings. The molecule has 0 aliphatic carbocycles. The van der Waals surface area contributed by atoms with Crippen LogP contribution in [0.3, 0.4) is 0 Å². The molecular weight excluding hydrogens is 290 g/mol. The minimum Gasteiger partial charge on any atom is -0.454 e. The van der Waals surface area contributed by atoms with Gasteiger partial charge in [0.25, 0.3) is 5.91 Å². The van der Waals surface area contributed by atoms with E-state index in [-0.39, 0.29) is 5.91 Å². The Morgan fingerprint density at radius 1 is 1.26 bits per heavy atom. The van der Waals surface area contributed by atoms with Gasteiger partial charge >= 0.3 is 0 Å². The van der Waals surface area contributed by atoms with E-state index in [2.05, 4.69) is 22.4 Å². The smallest absolute Gasteiger partial charge is 0.272 e. The summed E-state index contributed by atoms with van der Waals surface area (Å²) in [4.78, 5) is 15.9. The number of benzene rings is 1. The van der Waals surface area contributed by atoms with Crippen LogP contribution in [-0.2, 0) is 6.42 Å². The molecule has 3 aromatic rings. The molecule has 5 heteroatoms. The van der Waals surface area contributed by atoms with Gasteiger partial charge in [-0.25, -0.2) is 5.43 Å². The molecule has 0 spiro atoms. The maximum absolute atomic E-state index is 12.0.